The van der Waals surface area contributed by atoms with Gasteiger partial charge in [0.25, 0.3) is 0 Å². The molecule has 0 spiro atoms. The smallest absolute Gasteiger partial charge is 0.410 e. The summed E-state index contributed by atoms with van der Waals surface area (Å²) < 4.78 is 7.28. The molecule has 5 rings (SSSR count). The second-order valence-electron chi connectivity index (χ2n) is 11.3. The van der Waals surface area contributed by atoms with Gasteiger partial charge in [0, 0.05) is 43.6 Å². The number of amides is 3. The van der Waals surface area contributed by atoms with E-state index in [9.17, 15) is 9.59 Å². The number of aromatic nitrogens is 4. The largest absolute Gasteiger partial charge is 0.444 e. The molecule has 11 nitrogen and oxygen atoms in total. The summed E-state index contributed by atoms with van der Waals surface area (Å²) in [4.78, 5) is 40.6. The van der Waals surface area contributed by atoms with E-state index in [1.54, 1.807) is 21.8 Å². The van der Waals surface area contributed by atoms with Crippen molar-refractivity contribution in [2.45, 2.75) is 59.1 Å². The third-order valence-electron chi connectivity index (χ3n) is 6.82. The van der Waals surface area contributed by atoms with E-state index < -0.39 is 11.1 Å². The van der Waals surface area contributed by atoms with Crippen LogP contribution >= 0.6 is 0 Å². The lowest BCUT2D eigenvalue weighted by molar-refractivity contribution is 0.000364. The van der Waals surface area contributed by atoms with E-state index in [1.807, 2.05) is 44.7 Å². The molecule has 37 heavy (non-hydrogen) atoms. The maximum absolute atomic E-state index is 13.3. The molecule has 0 radical (unpaired) electrons. The SMILES string of the molecule is Cc1cc2ncnn2cc1NC(=O)N1CCc2c(N3CCN(C(=O)OC(C)(C)C)C(C)(C)C3)ccnc21. The molecule has 0 aliphatic carbocycles. The average Bonchev–Trinajstić information content (AvgIpc) is 3.43. The quantitative estimate of drug-likeness (QED) is 0.562. The highest BCUT2D eigenvalue weighted by Crippen LogP contribution is 2.36. The number of pyridine rings is 2. The summed E-state index contributed by atoms with van der Waals surface area (Å²) in [6.07, 6.45) is 5.42. The number of nitrogens with one attached hydrogen (secondary N) is 1. The number of rotatable bonds is 2. The van der Waals surface area contributed by atoms with Crippen LogP contribution < -0.4 is 15.1 Å². The van der Waals surface area contributed by atoms with Gasteiger partial charge in [-0.25, -0.2) is 24.1 Å². The van der Waals surface area contributed by atoms with Crippen molar-refractivity contribution >= 4 is 35.0 Å². The first-order valence-corrected chi connectivity index (χ1v) is 12.5. The van der Waals surface area contributed by atoms with Gasteiger partial charge in [-0.15, -0.1) is 0 Å². The molecule has 1 N–H and O–H groups in total. The van der Waals surface area contributed by atoms with Crippen molar-refractivity contribution in [1.29, 1.82) is 0 Å². The minimum atomic E-state index is -0.542. The number of carbonyl (C=O) groups is 2. The van der Waals surface area contributed by atoms with Crippen LogP contribution in [0.4, 0.5) is 26.8 Å². The molecule has 3 aromatic rings. The number of nitrogens with zero attached hydrogens (tertiary/aromatic N) is 7. The lowest BCUT2D eigenvalue weighted by atomic mass is 9.98. The van der Waals surface area contributed by atoms with E-state index in [0.717, 1.165) is 22.5 Å². The summed E-state index contributed by atoms with van der Waals surface area (Å²) in [5, 5.41) is 7.17. The summed E-state index contributed by atoms with van der Waals surface area (Å²) in [6.45, 7) is 14.1. The average molecular weight is 507 g/mol. The van der Waals surface area contributed by atoms with Crippen molar-refractivity contribution in [3.63, 3.8) is 0 Å². The number of urea groups is 1. The fourth-order valence-corrected chi connectivity index (χ4v) is 5.05. The highest BCUT2D eigenvalue weighted by Gasteiger charge is 2.40. The topological polar surface area (TPSA) is 108 Å². The van der Waals surface area contributed by atoms with Gasteiger partial charge in [-0.3, -0.25) is 9.80 Å². The minimum absolute atomic E-state index is 0.235. The fourth-order valence-electron chi connectivity index (χ4n) is 5.05. The first-order valence-electron chi connectivity index (χ1n) is 12.5. The van der Waals surface area contributed by atoms with E-state index in [1.165, 1.54) is 6.33 Å². The molecule has 1 fully saturated rings. The van der Waals surface area contributed by atoms with Crippen LogP contribution in [0.2, 0.25) is 0 Å². The van der Waals surface area contributed by atoms with Crippen LogP contribution in [0.1, 0.15) is 45.7 Å². The van der Waals surface area contributed by atoms with E-state index >= 15 is 0 Å². The van der Waals surface area contributed by atoms with Gasteiger partial charge in [0.05, 0.1) is 17.4 Å². The van der Waals surface area contributed by atoms with Crippen LogP contribution in [0, 0.1) is 6.92 Å². The Morgan fingerprint density at radius 3 is 2.65 bits per heavy atom. The third kappa shape index (κ3) is 4.77. The number of hydrogen-bond donors (Lipinski definition) is 1. The predicted octanol–water partition coefficient (Wildman–Crippen LogP) is 3.86. The van der Waals surface area contributed by atoms with Crippen LogP contribution in [-0.2, 0) is 11.2 Å². The maximum atomic E-state index is 13.3. The molecule has 5 heterocycles. The summed E-state index contributed by atoms with van der Waals surface area (Å²) in [5.41, 5.74) is 3.43. The lowest BCUT2D eigenvalue weighted by Crippen LogP contribution is -2.62. The number of fused-ring (bicyclic) bond motifs is 2. The highest BCUT2D eigenvalue weighted by molar-refractivity contribution is 6.03. The number of ether oxygens (including phenoxy) is 1. The van der Waals surface area contributed by atoms with Crippen LogP contribution in [-0.4, -0.2) is 73.9 Å². The molecule has 3 aromatic heterocycles. The highest BCUT2D eigenvalue weighted by atomic mass is 16.6. The van der Waals surface area contributed by atoms with E-state index in [2.05, 4.69) is 39.1 Å². The van der Waals surface area contributed by atoms with Crippen LogP contribution in [0.25, 0.3) is 5.65 Å². The standard InChI is InChI=1S/C26H34N8O3/c1-17-13-21-28-16-29-34(21)14-19(17)30-23(35)32-10-8-18-20(7-9-27-22(18)32)31-11-12-33(26(5,6)15-31)24(36)37-25(2,3)4/h7,9,13-14,16H,8,10-12,15H2,1-6H3,(H,30,35). The molecule has 3 amide bonds. The molecule has 2 aliphatic heterocycles. The molecule has 0 bridgehead atoms. The molecule has 2 aliphatic rings. The number of anilines is 3. The van der Waals surface area contributed by atoms with Gasteiger partial charge in [0.15, 0.2) is 5.65 Å². The van der Waals surface area contributed by atoms with E-state index in [0.29, 0.717) is 44.1 Å². The molecule has 11 heteroatoms. The van der Waals surface area contributed by atoms with Gasteiger partial charge in [-0.2, -0.15) is 5.10 Å². The second-order valence-corrected chi connectivity index (χ2v) is 11.3. The minimum Gasteiger partial charge on any atom is -0.444 e. The van der Waals surface area contributed by atoms with Crippen molar-refractivity contribution in [3.05, 3.63) is 42.0 Å². The summed E-state index contributed by atoms with van der Waals surface area (Å²) in [7, 11) is 0. The van der Waals surface area contributed by atoms with Crippen molar-refractivity contribution in [3.8, 4) is 0 Å². The zero-order valence-corrected chi connectivity index (χ0v) is 22.3. The fraction of sp³-hybridized carbons (Fsp3) is 0.500. The third-order valence-corrected chi connectivity index (χ3v) is 6.82. The Morgan fingerprint density at radius 1 is 1.14 bits per heavy atom. The lowest BCUT2D eigenvalue weighted by Gasteiger charge is -2.48. The molecule has 0 saturated carbocycles. The van der Waals surface area contributed by atoms with E-state index in [-0.39, 0.29) is 12.1 Å². The van der Waals surface area contributed by atoms with Gasteiger partial charge < -0.3 is 15.0 Å². The van der Waals surface area contributed by atoms with Gasteiger partial charge in [0.2, 0.25) is 0 Å². The van der Waals surface area contributed by atoms with Crippen LogP contribution in [0.15, 0.2) is 30.9 Å². The predicted molar refractivity (Wildman–Crippen MR) is 141 cm³/mol. The Bertz CT molecular complexity index is 1360. The van der Waals surface area contributed by atoms with Crippen molar-refractivity contribution in [1.82, 2.24) is 24.5 Å². The number of piperazine rings is 1. The van der Waals surface area contributed by atoms with Crippen LogP contribution in [0.5, 0.6) is 0 Å². The Kier molecular flexibility index (Phi) is 5.96. The Balaban J connectivity index is 1.33. The van der Waals surface area contributed by atoms with Crippen molar-refractivity contribution in [2.75, 3.05) is 41.3 Å². The summed E-state index contributed by atoms with van der Waals surface area (Å²) in [5.74, 6) is 0.668. The van der Waals surface area contributed by atoms with Gasteiger partial charge in [0.1, 0.15) is 17.7 Å². The Morgan fingerprint density at radius 2 is 1.92 bits per heavy atom. The zero-order chi connectivity index (χ0) is 26.5. The zero-order valence-electron chi connectivity index (χ0n) is 22.3. The molecular formula is C26H34N8O3. The van der Waals surface area contributed by atoms with Crippen LogP contribution in [0.3, 0.4) is 0 Å². The molecule has 1 saturated heterocycles. The maximum Gasteiger partial charge on any atom is 0.410 e. The van der Waals surface area contributed by atoms with Crippen molar-refractivity contribution < 1.29 is 14.3 Å². The Labute approximate surface area is 216 Å². The molecule has 0 aromatic carbocycles. The van der Waals surface area contributed by atoms with Gasteiger partial charge in [-0.1, -0.05) is 0 Å². The van der Waals surface area contributed by atoms with Gasteiger partial charge >= 0.3 is 12.1 Å². The number of hydrogen-bond acceptors (Lipinski definition) is 7. The number of carbonyl (C=O) groups excluding carboxylic acids is 2. The monoisotopic (exact) mass is 506 g/mol. The van der Waals surface area contributed by atoms with E-state index in [4.69, 9.17) is 4.74 Å². The normalized spacial score (nSPS) is 17.2. The van der Waals surface area contributed by atoms with Crippen molar-refractivity contribution in [2.24, 2.45) is 0 Å². The molecule has 0 atom stereocenters. The second kappa shape index (κ2) is 8.89. The van der Waals surface area contributed by atoms with Gasteiger partial charge in [-0.05, 0) is 65.7 Å². The molecular weight excluding hydrogens is 472 g/mol. The molecule has 196 valence electrons. The first-order chi connectivity index (χ1) is 17.4. The summed E-state index contributed by atoms with van der Waals surface area (Å²) >= 11 is 0. The first kappa shape index (κ1) is 24.8. The Hall–Kier alpha value is -3.89. The summed E-state index contributed by atoms with van der Waals surface area (Å²) in [6, 6.07) is 3.65. The number of aryl methyl sites for hydroxylation is 1. The molecule has 0 unspecified atom stereocenters.